The van der Waals surface area contributed by atoms with Crippen LogP contribution in [0.1, 0.15) is 61.4 Å². The summed E-state index contributed by atoms with van der Waals surface area (Å²) in [6.07, 6.45) is 3.68. The van der Waals surface area contributed by atoms with E-state index in [9.17, 15) is 39.6 Å². The number of halogens is 4. The van der Waals surface area contributed by atoms with E-state index < -0.39 is 52.8 Å². The molecule has 2 saturated heterocycles. The number of thioether (sulfide) groups is 1. The number of azide groups is 1. The molecule has 16 nitrogen and oxygen atoms in total. The van der Waals surface area contributed by atoms with Gasteiger partial charge in [0.15, 0.2) is 0 Å². The van der Waals surface area contributed by atoms with Crippen LogP contribution in [0.25, 0.3) is 16.0 Å². The number of hydrogen-bond donors (Lipinski definition) is 3. The summed E-state index contributed by atoms with van der Waals surface area (Å²) in [6.45, 7) is 9.40. The first-order valence-corrected chi connectivity index (χ1v) is 28.7. The number of anilines is 2. The van der Waals surface area contributed by atoms with Gasteiger partial charge in [0.05, 0.1) is 23.8 Å². The second kappa shape index (κ2) is 25.5. The summed E-state index contributed by atoms with van der Waals surface area (Å²) in [6, 6.07) is 25.3. The monoisotopic (exact) mass is 1100 g/mol. The van der Waals surface area contributed by atoms with E-state index in [-0.39, 0.29) is 29.9 Å². The summed E-state index contributed by atoms with van der Waals surface area (Å²) in [5.74, 6) is -0.780. The molecule has 398 valence electrons. The van der Waals surface area contributed by atoms with Crippen LogP contribution in [0.3, 0.4) is 0 Å². The number of nitrogens with one attached hydrogen (secondary N) is 3. The molecule has 0 aromatic heterocycles. The highest BCUT2D eigenvalue weighted by Crippen LogP contribution is 2.43. The van der Waals surface area contributed by atoms with E-state index in [4.69, 9.17) is 21.9 Å². The standard InChI is InChI=1S/C51H61ClF3N9O7S3/c1-50(36-57-48(65)8-5-22-58-61-56)21-19-45(37-9-13-40(52)14-10-37)39(33-50)34-63-24-26-64(27-25-63)42-15-11-38(12-16-42)49(66)60-74(69,70)44-17-18-46(47(32-44)73(67,68)51(53,54)55)59-41(20-23-62-28-30-71-31-29-62)35-72-43-6-3-2-4-7-43/h2-4,6-7,9-18,32,41,59H,5,8,19-31,33-36H2,1H3,(H,57,65)(H,60,66)/t41-,50?/m1/s1. The quantitative estimate of drug-likeness (QED) is 0.0222. The normalized spacial score (nSPS) is 18.6. The Morgan fingerprint density at radius 1 is 0.919 bits per heavy atom. The lowest BCUT2D eigenvalue weighted by molar-refractivity contribution is -0.121. The zero-order valence-electron chi connectivity index (χ0n) is 41.0. The van der Waals surface area contributed by atoms with Gasteiger partial charge >= 0.3 is 5.51 Å². The third-order valence-electron chi connectivity index (χ3n) is 13.5. The minimum absolute atomic E-state index is 0.0391. The number of nitrogens with zero attached hydrogens (tertiary/aromatic N) is 6. The SMILES string of the molecule is CC1(CNC(=O)CCCN=[N+]=[N-])CCC(c2ccc(Cl)cc2)=C(CN2CCN(c3ccc(C(=O)NS(=O)(=O)c4ccc(N[C@H](CCN5CCOCC5)CSc5ccccc5)c(S(=O)(=O)C(F)(F)F)c4)cc3)CC2)C1. The summed E-state index contributed by atoms with van der Waals surface area (Å²) in [4.78, 5) is 34.3. The predicted molar refractivity (Wildman–Crippen MR) is 282 cm³/mol. The van der Waals surface area contributed by atoms with Crippen molar-refractivity contribution in [3.8, 4) is 0 Å². The van der Waals surface area contributed by atoms with E-state index in [2.05, 4.69) is 42.3 Å². The van der Waals surface area contributed by atoms with Gasteiger partial charge in [-0.2, -0.15) is 13.2 Å². The number of carbonyl (C=O) groups excluding carboxylic acids is 2. The average molecular weight is 1100 g/mol. The predicted octanol–water partition coefficient (Wildman–Crippen LogP) is 9.02. The van der Waals surface area contributed by atoms with Crippen molar-refractivity contribution in [3.05, 3.63) is 129 Å². The molecule has 1 unspecified atom stereocenters. The molecular formula is C51H61ClF3N9O7S3. The van der Waals surface area contributed by atoms with Crippen molar-refractivity contribution in [1.29, 1.82) is 0 Å². The fourth-order valence-corrected chi connectivity index (χ4v) is 12.4. The molecule has 0 bridgehead atoms. The van der Waals surface area contributed by atoms with Crippen molar-refractivity contribution in [2.45, 2.75) is 71.7 Å². The highest BCUT2D eigenvalue weighted by Gasteiger charge is 2.48. The molecule has 3 N–H and O–H groups in total. The van der Waals surface area contributed by atoms with E-state index in [1.807, 2.05) is 59.3 Å². The molecule has 23 heteroatoms. The van der Waals surface area contributed by atoms with Crippen LogP contribution >= 0.6 is 23.4 Å². The Morgan fingerprint density at radius 3 is 2.30 bits per heavy atom. The van der Waals surface area contributed by atoms with Crippen molar-refractivity contribution in [2.75, 3.05) is 94.6 Å². The zero-order chi connectivity index (χ0) is 52.9. The first-order valence-electron chi connectivity index (χ1n) is 24.4. The number of morpholine rings is 1. The molecule has 74 heavy (non-hydrogen) atoms. The number of piperazine rings is 1. The van der Waals surface area contributed by atoms with E-state index in [0.29, 0.717) is 82.2 Å². The summed E-state index contributed by atoms with van der Waals surface area (Å²) >= 11 is 7.69. The van der Waals surface area contributed by atoms with Gasteiger partial charge in [0.25, 0.3) is 25.8 Å². The highest BCUT2D eigenvalue weighted by atomic mass is 35.5. The molecule has 2 atom stereocenters. The zero-order valence-corrected chi connectivity index (χ0v) is 44.2. The van der Waals surface area contributed by atoms with Crippen LogP contribution in [0.5, 0.6) is 0 Å². The molecule has 2 aliphatic heterocycles. The van der Waals surface area contributed by atoms with Gasteiger partial charge in [-0.1, -0.05) is 59.5 Å². The molecule has 3 aliphatic rings. The number of allylic oxidation sites excluding steroid dienone is 1. The van der Waals surface area contributed by atoms with Gasteiger partial charge < -0.3 is 20.3 Å². The number of ether oxygens (including phenoxy) is 1. The van der Waals surface area contributed by atoms with Gasteiger partial charge in [0, 0.05) is 110 Å². The fourth-order valence-electron chi connectivity index (χ4n) is 9.30. The third kappa shape index (κ3) is 15.4. The Bertz CT molecular complexity index is 2880. The first-order chi connectivity index (χ1) is 35.3. The molecule has 2 fully saturated rings. The highest BCUT2D eigenvalue weighted by molar-refractivity contribution is 7.99. The van der Waals surface area contributed by atoms with Gasteiger partial charge in [-0.15, -0.1) is 11.8 Å². The Kier molecular flexibility index (Phi) is 19.4. The summed E-state index contributed by atoms with van der Waals surface area (Å²) < 4.78 is 104. The van der Waals surface area contributed by atoms with Gasteiger partial charge in [-0.05, 0) is 121 Å². The van der Waals surface area contributed by atoms with Crippen LogP contribution in [0.2, 0.25) is 5.02 Å². The Hall–Kier alpha value is -5.32. The molecule has 4 aromatic carbocycles. The lowest BCUT2D eigenvalue weighted by Crippen LogP contribution is -2.47. The maximum absolute atomic E-state index is 14.2. The van der Waals surface area contributed by atoms with Crippen molar-refractivity contribution < 1.29 is 44.3 Å². The minimum Gasteiger partial charge on any atom is -0.380 e. The van der Waals surface area contributed by atoms with Crippen molar-refractivity contribution in [2.24, 2.45) is 10.5 Å². The molecule has 0 spiro atoms. The number of sulfone groups is 1. The number of amides is 2. The van der Waals surface area contributed by atoms with E-state index >= 15 is 0 Å². The Balaban J connectivity index is 0.995. The number of benzene rings is 4. The maximum atomic E-state index is 14.2. The van der Waals surface area contributed by atoms with Crippen molar-refractivity contribution in [1.82, 2.24) is 19.8 Å². The number of sulfonamides is 1. The molecule has 2 heterocycles. The van der Waals surface area contributed by atoms with E-state index in [0.717, 1.165) is 67.2 Å². The summed E-state index contributed by atoms with van der Waals surface area (Å²) in [5, 5.41) is 10.2. The largest absolute Gasteiger partial charge is 0.501 e. The van der Waals surface area contributed by atoms with Crippen LogP contribution in [0.4, 0.5) is 24.5 Å². The lowest BCUT2D eigenvalue weighted by atomic mass is 9.71. The molecule has 0 saturated carbocycles. The van der Waals surface area contributed by atoms with Gasteiger partial charge in [0.1, 0.15) is 4.90 Å². The Morgan fingerprint density at radius 2 is 1.62 bits per heavy atom. The number of rotatable bonds is 22. The van der Waals surface area contributed by atoms with Gasteiger partial charge in [-0.3, -0.25) is 19.4 Å². The molecule has 4 aromatic rings. The van der Waals surface area contributed by atoms with E-state index in [1.54, 1.807) is 12.1 Å². The first kappa shape index (κ1) is 56.4. The van der Waals surface area contributed by atoms with Gasteiger partial charge in [-0.25, -0.2) is 21.6 Å². The molecule has 1 aliphatic carbocycles. The van der Waals surface area contributed by atoms with E-state index in [1.165, 1.54) is 35.0 Å². The van der Waals surface area contributed by atoms with Crippen LogP contribution in [0.15, 0.2) is 122 Å². The van der Waals surface area contributed by atoms with Crippen LogP contribution in [0, 0.1) is 5.41 Å². The second-order valence-electron chi connectivity index (χ2n) is 19.0. The number of hydrogen-bond acceptors (Lipinski definition) is 13. The number of carbonyl (C=O) groups is 2. The molecular weight excluding hydrogens is 1040 g/mol. The molecule has 0 radical (unpaired) electrons. The second-order valence-corrected chi connectivity index (χ2v) is 24.1. The molecule has 7 rings (SSSR count). The lowest BCUT2D eigenvalue weighted by Gasteiger charge is -2.41. The smallest absolute Gasteiger partial charge is 0.380 e. The van der Waals surface area contributed by atoms with Crippen molar-refractivity contribution in [3.63, 3.8) is 0 Å². The van der Waals surface area contributed by atoms with Crippen LogP contribution in [-0.4, -0.2) is 134 Å². The summed E-state index contributed by atoms with van der Waals surface area (Å²) in [5.41, 5.74) is 6.61. The number of alkyl halides is 3. The van der Waals surface area contributed by atoms with Crippen molar-refractivity contribution >= 4 is 72.0 Å². The van der Waals surface area contributed by atoms with Crippen LogP contribution < -0.4 is 20.3 Å². The Labute approximate surface area is 440 Å². The average Bonchev–Trinajstić information content (AvgIpc) is 3.38. The van der Waals surface area contributed by atoms with Gasteiger partial charge in [0.2, 0.25) is 5.91 Å². The minimum atomic E-state index is -6.08. The molecule has 2 amide bonds. The fraction of sp³-hybridized carbons (Fsp3) is 0.451. The third-order valence-corrected chi connectivity index (χ3v) is 17.8. The summed E-state index contributed by atoms with van der Waals surface area (Å²) in [7, 11) is -11.0. The topological polar surface area (TPSA) is 206 Å². The van der Waals surface area contributed by atoms with Crippen LogP contribution in [-0.2, 0) is 29.4 Å². The maximum Gasteiger partial charge on any atom is 0.501 e.